The molecule has 0 aliphatic carbocycles. The van der Waals surface area contributed by atoms with Gasteiger partial charge in [0.05, 0.1) is 22.8 Å². The second-order valence-corrected chi connectivity index (χ2v) is 5.59. The van der Waals surface area contributed by atoms with Gasteiger partial charge < -0.3 is 11.1 Å². The first kappa shape index (κ1) is 19.3. The number of carbonyl (C=O) groups is 1. The molecule has 0 aliphatic heterocycles. The molecule has 9 heteroatoms. The molecule has 0 unspecified atom stereocenters. The molecule has 3 N–H and O–H groups in total. The van der Waals surface area contributed by atoms with Crippen molar-refractivity contribution in [2.24, 2.45) is 5.73 Å². The first-order valence-corrected chi connectivity index (χ1v) is 7.28. The molecule has 5 nitrogen and oxygen atoms in total. The van der Waals surface area contributed by atoms with Crippen LogP contribution in [0.5, 0.6) is 0 Å². The van der Waals surface area contributed by atoms with Gasteiger partial charge in [0.1, 0.15) is 5.69 Å². The summed E-state index contributed by atoms with van der Waals surface area (Å²) in [7, 11) is 0. The minimum absolute atomic E-state index is 0. The van der Waals surface area contributed by atoms with Gasteiger partial charge in [0.15, 0.2) is 0 Å². The molecule has 0 fully saturated rings. The molecule has 1 amide bonds. The molecule has 0 spiro atoms. The minimum atomic E-state index is -0.151. The molecule has 0 atom stereocenters. The van der Waals surface area contributed by atoms with E-state index in [-0.39, 0.29) is 30.7 Å². The molecule has 0 aliphatic rings. The number of aryl methyl sites for hydroxylation is 1. The number of hydrogen-bond acceptors (Lipinski definition) is 6. The Morgan fingerprint density at radius 3 is 2.75 bits per heavy atom. The Bertz CT molecular complexity index is 544. The van der Waals surface area contributed by atoms with Gasteiger partial charge in [0.25, 0.3) is 5.91 Å². The van der Waals surface area contributed by atoms with Gasteiger partial charge in [-0.25, -0.2) is 9.97 Å². The van der Waals surface area contributed by atoms with Crippen molar-refractivity contribution in [3.05, 3.63) is 32.2 Å². The van der Waals surface area contributed by atoms with Gasteiger partial charge in [-0.15, -0.1) is 47.5 Å². The Kier molecular flexibility index (Phi) is 8.91. The molecule has 20 heavy (non-hydrogen) atoms. The lowest BCUT2D eigenvalue weighted by molar-refractivity contribution is 0.0947. The summed E-state index contributed by atoms with van der Waals surface area (Å²) < 4.78 is 0. The summed E-state index contributed by atoms with van der Waals surface area (Å²) in [5.41, 5.74) is 8.65. The van der Waals surface area contributed by atoms with Crippen LogP contribution in [0.3, 0.4) is 0 Å². The van der Waals surface area contributed by atoms with E-state index in [1.807, 2.05) is 6.92 Å². The van der Waals surface area contributed by atoms with E-state index in [1.54, 1.807) is 10.9 Å². The third-order valence-electron chi connectivity index (χ3n) is 2.40. The zero-order chi connectivity index (χ0) is 13.0. The molecule has 0 radical (unpaired) electrons. The number of nitrogens with one attached hydrogen (secondary N) is 1. The fourth-order valence-electron chi connectivity index (χ4n) is 1.40. The molecule has 2 aromatic rings. The number of rotatable bonds is 5. The highest BCUT2D eigenvalue weighted by atomic mass is 35.5. The topological polar surface area (TPSA) is 80.9 Å². The van der Waals surface area contributed by atoms with Crippen molar-refractivity contribution in [3.63, 3.8) is 0 Å². The van der Waals surface area contributed by atoms with E-state index >= 15 is 0 Å². The normalized spacial score (nSPS) is 9.50. The second kappa shape index (κ2) is 9.25. The molecular formula is C11H16Cl2N4OS2. The SMILES string of the molecule is Cc1ncsc1CNC(=O)c1csc(CCN)n1.Cl.Cl. The summed E-state index contributed by atoms with van der Waals surface area (Å²) in [4.78, 5) is 21.3. The average molecular weight is 355 g/mol. The molecular weight excluding hydrogens is 339 g/mol. The van der Waals surface area contributed by atoms with E-state index in [9.17, 15) is 4.79 Å². The Hall–Kier alpha value is -0.730. The van der Waals surface area contributed by atoms with Crippen molar-refractivity contribution >= 4 is 53.4 Å². The first-order chi connectivity index (χ1) is 8.70. The van der Waals surface area contributed by atoms with Crippen molar-refractivity contribution in [2.45, 2.75) is 19.9 Å². The van der Waals surface area contributed by atoms with Crippen LogP contribution in [0.4, 0.5) is 0 Å². The van der Waals surface area contributed by atoms with Gasteiger partial charge in [0, 0.05) is 16.7 Å². The third-order valence-corrected chi connectivity index (χ3v) is 4.24. The van der Waals surface area contributed by atoms with Gasteiger partial charge >= 0.3 is 0 Å². The fraction of sp³-hybridized carbons (Fsp3) is 0.364. The average Bonchev–Trinajstić information content (AvgIpc) is 2.96. The van der Waals surface area contributed by atoms with Gasteiger partial charge in [-0.3, -0.25) is 4.79 Å². The maximum atomic E-state index is 11.9. The summed E-state index contributed by atoms with van der Waals surface area (Å²) in [6.07, 6.45) is 0.714. The van der Waals surface area contributed by atoms with Crippen molar-refractivity contribution in [1.29, 1.82) is 0 Å². The summed E-state index contributed by atoms with van der Waals surface area (Å²) in [6.45, 7) is 2.98. The Labute approximate surface area is 137 Å². The maximum Gasteiger partial charge on any atom is 0.271 e. The molecule has 2 aromatic heterocycles. The molecule has 2 rings (SSSR count). The number of thiazole rings is 2. The van der Waals surface area contributed by atoms with Crippen molar-refractivity contribution in [3.8, 4) is 0 Å². The molecule has 2 heterocycles. The number of aromatic nitrogens is 2. The van der Waals surface area contributed by atoms with Crippen LogP contribution in [0.15, 0.2) is 10.9 Å². The molecule has 0 saturated heterocycles. The van der Waals surface area contributed by atoms with Crippen LogP contribution in [0.2, 0.25) is 0 Å². The van der Waals surface area contributed by atoms with E-state index in [1.165, 1.54) is 22.7 Å². The Morgan fingerprint density at radius 2 is 2.15 bits per heavy atom. The maximum absolute atomic E-state index is 11.9. The number of nitrogens with two attached hydrogens (primary N) is 1. The van der Waals surface area contributed by atoms with Crippen LogP contribution < -0.4 is 11.1 Å². The van der Waals surface area contributed by atoms with Crippen LogP contribution in [-0.4, -0.2) is 22.4 Å². The number of halogens is 2. The van der Waals surface area contributed by atoms with E-state index in [0.29, 0.717) is 25.2 Å². The number of amides is 1. The lowest BCUT2D eigenvalue weighted by atomic mass is 10.3. The smallest absolute Gasteiger partial charge is 0.271 e. The van der Waals surface area contributed by atoms with Crippen LogP contribution in [0.25, 0.3) is 0 Å². The van der Waals surface area contributed by atoms with E-state index in [4.69, 9.17) is 5.73 Å². The minimum Gasteiger partial charge on any atom is -0.346 e. The van der Waals surface area contributed by atoms with E-state index < -0.39 is 0 Å². The number of carbonyl (C=O) groups excluding carboxylic acids is 1. The first-order valence-electron chi connectivity index (χ1n) is 5.52. The van der Waals surface area contributed by atoms with Crippen LogP contribution >= 0.6 is 47.5 Å². The lowest BCUT2D eigenvalue weighted by Gasteiger charge is -2.01. The number of nitrogens with zero attached hydrogens (tertiary/aromatic N) is 2. The highest BCUT2D eigenvalue weighted by Gasteiger charge is 2.11. The largest absolute Gasteiger partial charge is 0.346 e. The quantitative estimate of drug-likeness (QED) is 0.862. The summed E-state index contributed by atoms with van der Waals surface area (Å²) in [6, 6.07) is 0. The Morgan fingerprint density at radius 1 is 1.40 bits per heavy atom. The zero-order valence-electron chi connectivity index (χ0n) is 10.8. The van der Waals surface area contributed by atoms with Crippen LogP contribution in [0.1, 0.15) is 26.1 Å². The molecule has 0 bridgehead atoms. The third kappa shape index (κ3) is 4.99. The van der Waals surface area contributed by atoms with E-state index in [2.05, 4.69) is 15.3 Å². The summed E-state index contributed by atoms with van der Waals surface area (Å²) in [5.74, 6) is -0.151. The van der Waals surface area contributed by atoms with E-state index in [0.717, 1.165) is 15.6 Å². The Balaban J connectivity index is 0.00000180. The predicted octanol–water partition coefficient (Wildman–Crippen LogP) is 2.18. The van der Waals surface area contributed by atoms with Crippen molar-refractivity contribution in [2.75, 3.05) is 6.54 Å². The lowest BCUT2D eigenvalue weighted by Crippen LogP contribution is -2.23. The molecule has 0 saturated carbocycles. The molecule has 0 aromatic carbocycles. The highest BCUT2D eigenvalue weighted by molar-refractivity contribution is 7.10. The van der Waals surface area contributed by atoms with Gasteiger partial charge in [-0.1, -0.05) is 0 Å². The summed E-state index contributed by atoms with van der Waals surface area (Å²) in [5, 5.41) is 5.51. The van der Waals surface area contributed by atoms with Crippen LogP contribution in [0, 0.1) is 6.92 Å². The zero-order valence-corrected chi connectivity index (χ0v) is 14.1. The van der Waals surface area contributed by atoms with Crippen LogP contribution in [-0.2, 0) is 13.0 Å². The van der Waals surface area contributed by atoms with Gasteiger partial charge in [-0.05, 0) is 13.5 Å². The monoisotopic (exact) mass is 354 g/mol. The van der Waals surface area contributed by atoms with Gasteiger partial charge in [-0.2, -0.15) is 0 Å². The predicted molar refractivity (Wildman–Crippen MR) is 87.4 cm³/mol. The number of hydrogen-bond donors (Lipinski definition) is 2. The van der Waals surface area contributed by atoms with Crippen molar-refractivity contribution in [1.82, 2.24) is 15.3 Å². The second-order valence-electron chi connectivity index (χ2n) is 3.71. The highest BCUT2D eigenvalue weighted by Crippen LogP contribution is 2.13. The summed E-state index contributed by atoms with van der Waals surface area (Å²) >= 11 is 3.01. The van der Waals surface area contributed by atoms with Crippen molar-refractivity contribution < 1.29 is 4.79 Å². The standard InChI is InChI=1S/C11H14N4OS2.2ClH/c1-7-9(18-6-14-7)4-13-11(16)8-5-17-10(15-8)2-3-12;;/h5-6H,2-4,12H2,1H3,(H,13,16);2*1H. The fourth-order valence-corrected chi connectivity index (χ4v) is 2.91. The molecule has 112 valence electrons. The van der Waals surface area contributed by atoms with Gasteiger partial charge in [0.2, 0.25) is 0 Å².